The first-order valence-corrected chi connectivity index (χ1v) is 11.9. The lowest BCUT2D eigenvalue weighted by atomic mass is 10.3. The molecule has 0 unspecified atom stereocenters. The highest BCUT2D eigenvalue weighted by molar-refractivity contribution is 9.11. The van der Waals surface area contributed by atoms with Crippen LogP contribution in [0.4, 0.5) is 5.82 Å². The van der Waals surface area contributed by atoms with Gasteiger partial charge in [-0.3, -0.25) is 0 Å². The Hall–Kier alpha value is -0.580. The molecule has 29 heavy (non-hydrogen) atoms. The van der Waals surface area contributed by atoms with E-state index >= 15 is 0 Å². The SMILES string of the molecule is Brc1ccc(Br)nc1.C[C@@H]1CN(c2ccc(Br)cn2)CCO1.C[C@@H]1CNCCO1. The lowest BCUT2D eigenvalue weighted by molar-refractivity contribution is 0.0410. The maximum Gasteiger partial charge on any atom is 0.128 e. The number of pyridine rings is 2. The zero-order valence-corrected chi connectivity index (χ0v) is 21.4. The molecule has 2 aromatic heterocycles. The largest absolute Gasteiger partial charge is 0.376 e. The van der Waals surface area contributed by atoms with Gasteiger partial charge in [-0.05, 0) is 85.9 Å². The highest BCUT2D eigenvalue weighted by Crippen LogP contribution is 2.17. The molecule has 0 bridgehead atoms. The van der Waals surface area contributed by atoms with Crippen molar-refractivity contribution in [3.63, 3.8) is 0 Å². The van der Waals surface area contributed by atoms with E-state index in [2.05, 4.69) is 81.8 Å². The summed E-state index contributed by atoms with van der Waals surface area (Å²) in [6.45, 7) is 9.72. The van der Waals surface area contributed by atoms with Crippen LogP contribution in [-0.2, 0) is 9.47 Å². The molecule has 4 rings (SSSR count). The Bertz CT molecular complexity index is 677. The maximum atomic E-state index is 5.47. The summed E-state index contributed by atoms with van der Waals surface area (Å²) in [5.74, 6) is 1.03. The van der Waals surface area contributed by atoms with Crippen molar-refractivity contribution in [1.82, 2.24) is 15.3 Å². The average Bonchev–Trinajstić information content (AvgIpc) is 2.72. The molecule has 0 saturated carbocycles. The third-order valence-corrected chi connectivity index (χ3v) is 5.49. The molecule has 0 radical (unpaired) electrons. The molecule has 2 aliphatic rings. The lowest BCUT2D eigenvalue weighted by Gasteiger charge is -2.31. The minimum atomic E-state index is 0.300. The minimum Gasteiger partial charge on any atom is -0.376 e. The monoisotopic (exact) mass is 592 g/mol. The van der Waals surface area contributed by atoms with Gasteiger partial charge in [-0.25, -0.2) is 9.97 Å². The molecule has 160 valence electrons. The molecular formula is C20H27Br3N4O2. The van der Waals surface area contributed by atoms with E-state index < -0.39 is 0 Å². The summed E-state index contributed by atoms with van der Waals surface area (Å²) in [4.78, 5) is 10.6. The van der Waals surface area contributed by atoms with Gasteiger partial charge in [0.25, 0.3) is 0 Å². The number of nitrogens with one attached hydrogen (secondary N) is 1. The fourth-order valence-electron chi connectivity index (χ4n) is 2.64. The minimum absolute atomic E-state index is 0.300. The van der Waals surface area contributed by atoms with Gasteiger partial charge in [0.15, 0.2) is 0 Å². The number of hydrogen-bond donors (Lipinski definition) is 1. The Morgan fingerprint density at radius 2 is 1.62 bits per heavy atom. The predicted molar refractivity (Wildman–Crippen MR) is 127 cm³/mol. The van der Waals surface area contributed by atoms with E-state index in [1.54, 1.807) is 6.20 Å². The fraction of sp³-hybridized carbons (Fsp3) is 0.500. The van der Waals surface area contributed by atoms with Crippen molar-refractivity contribution >= 4 is 53.6 Å². The Labute approximate surface area is 198 Å². The smallest absolute Gasteiger partial charge is 0.128 e. The summed E-state index contributed by atoms with van der Waals surface area (Å²) in [7, 11) is 0. The summed E-state index contributed by atoms with van der Waals surface area (Å²) >= 11 is 9.85. The molecule has 0 aromatic carbocycles. The van der Waals surface area contributed by atoms with Crippen LogP contribution in [0.3, 0.4) is 0 Å². The standard InChI is InChI=1S/C10H13BrN2O.C5H3Br2N.C5H11NO/c1-8-7-13(4-5-14-8)10-3-2-9(11)6-12-10;6-4-1-2-5(7)8-3-4;1-5-4-6-2-3-7-5/h2-3,6,8H,4-5,7H2,1H3;1-3H;5-6H,2-4H2,1H3/t8-;;5-/m1.1/s1. The third kappa shape index (κ3) is 10.3. The number of morpholine rings is 2. The van der Waals surface area contributed by atoms with Crippen molar-refractivity contribution in [1.29, 1.82) is 0 Å². The zero-order chi connectivity index (χ0) is 21.1. The van der Waals surface area contributed by atoms with Gasteiger partial charge < -0.3 is 19.7 Å². The second kappa shape index (κ2) is 13.7. The van der Waals surface area contributed by atoms with Crippen molar-refractivity contribution in [2.45, 2.75) is 26.1 Å². The first kappa shape index (κ1) is 24.7. The summed E-state index contributed by atoms with van der Waals surface area (Å²) in [6.07, 6.45) is 4.29. The Morgan fingerprint density at radius 1 is 0.931 bits per heavy atom. The average molecular weight is 595 g/mol. The molecule has 2 saturated heterocycles. The number of rotatable bonds is 1. The van der Waals surface area contributed by atoms with Crippen LogP contribution in [0.25, 0.3) is 0 Å². The van der Waals surface area contributed by atoms with Gasteiger partial charge >= 0.3 is 0 Å². The third-order valence-electron chi connectivity index (χ3n) is 4.08. The van der Waals surface area contributed by atoms with Crippen molar-refractivity contribution in [2.24, 2.45) is 0 Å². The second-order valence-electron chi connectivity index (χ2n) is 6.65. The molecular weight excluding hydrogens is 568 g/mol. The lowest BCUT2D eigenvalue weighted by Crippen LogP contribution is -2.41. The maximum absolute atomic E-state index is 5.47. The molecule has 2 aliphatic heterocycles. The topological polar surface area (TPSA) is 59.5 Å². The number of nitrogens with zero attached hydrogens (tertiary/aromatic N) is 3. The van der Waals surface area contributed by atoms with E-state index in [-0.39, 0.29) is 0 Å². The summed E-state index contributed by atoms with van der Waals surface area (Å²) in [5.41, 5.74) is 0. The molecule has 0 amide bonds. The second-order valence-corrected chi connectivity index (χ2v) is 9.29. The molecule has 4 heterocycles. The van der Waals surface area contributed by atoms with E-state index in [1.165, 1.54) is 0 Å². The normalized spacial score (nSPS) is 21.3. The first-order valence-electron chi connectivity index (χ1n) is 9.51. The van der Waals surface area contributed by atoms with Gasteiger partial charge in [-0.2, -0.15) is 0 Å². The number of halogens is 3. The molecule has 9 heteroatoms. The number of anilines is 1. The van der Waals surface area contributed by atoms with E-state index in [1.807, 2.05) is 30.5 Å². The van der Waals surface area contributed by atoms with E-state index in [0.717, 1.165) is 58.8 Å². The molecule has 0 aliphatic carbocycles. The number of hydrogen-bond acceptors (Lipinski definition) is 6. The van der Waals surface area contributed by atoms with Crippen LogP contribution >= 0.6 is 47.8 Å². The highest BCUT2D eigenvalue weighted by Gasteiger charge is 2.17. The summed E-state index contributed by atoms with van der Waals surface area (Å²) in [5, 5.41) is 3.21. The van der Waals surface area contributed by atoms with Crippen molar-refractivity contribution in [3.8, 4) is 0 Å². The number of ether oxygens (including phenoxy) is 2. The Kier molecular flexibility index (Phi) is 11.6. The first-order chi connectivity index (χ1) is 13.9. The van der Waals surface area contributed by atoms with E-state index in [4.69, 9.17) is 9.47 Å². The summed E-state index contributed by atoms with van der Waals surface area (Å²) < 4.78 is 13.6. The van der Waals surface area contributed by atoms with Gasteiger partial charge in [-0.1, -0.05) is 0 Å². The molecule has 2 aromatic rings. The van der Waals surface area contributed by atoms with E-state index in [9.17, 15) is 0 Å². The molecule has 0 spiro atoms. The van der Waals surface area contributed by atoms with Crippen molar-refractivity contribution in [3.05, 3.63) is 50.2 Å². The van der Waals surface area contributed by atoms with Gasteiger partial charge in [-0.15, -0.1) is 0 Å². The molecule has 2 atom stereocenters. The molecule has 2 fully saturated rings. The van der Waals surface area contributed by atoms with Gasteiger partial charge in [0.1, 0.15) is 10.4 Å². The van der Waals surface area contributed by atoms with Crippen LogP contribution in [0.15, 0.2) is 50.2 Å². The van der Waals surface area contributed by atoms with Gasteiger partial charge in [0, 0.05) is 47.5 Å². The number of aromatic nitrogens is 2. The van der Waals surface area contributed by atoms with Crippen LogP contribution in [0.2, 0.25) is 0 Å². The zero-order valence-electron chi connectivity index (χ0n) is 16.7. The highest BCUT2D eigenvalue weighted by atomic mass is 79.9. The summed E-state index contributed by atoms with van der Waals surface area (Å²) in [6, 6.07) is 7.85. The van der Waals surface area contributed by atoms with Crippen LogP contribution in [-0.4, -0.2) is 61.6 Å². The Morgan fingerprint density at radius 3 is 2.07 bits per heavy atom. The fourth-order valence-corrected chi connectivity index (χ4v) is 3.34. The van der Waals surface area contributed by atoms with E-state index in [0.29, 0.717) is 12.2 Å². The molecule has 1 N–H and O–H groups in total. The van der Waals surface area contributed by atoms with Gasteiger partial charge in [0.05, 0.1) is 25.4 Å². The van der Waals surface area contributed by atoms with Gasteiger partial charge in [0.2, 0.25) is 0 Å². The van der Waals surface area contributed by atoms with Crippen LogP contribution in [0, 0.1) is 0 Å². The predicted octanol–water partition coefficient (Wildman–Crippen LogP) is 4.67. The van der Waals surface area contributed by atoms with Crippen LogP contribution in [0.1, 0.15) is 13.8 Å². The van der Waals surface area contributed by atoms with Crippen LogP contribution in [0.5, 0.6) is 0 Å². The molecule has 6 nitrogen and oxygen atoms in total. The Balaban J connectivity index is 0.000000170. The van der Waals surface area contributed by atoms with Crippen molar-refractivity contribution < 1.29 is 9.47 Å². The quantitative estimate of drug-likeness (QED) is 0.484. The van der Waals surface area contributed by atoms with Crippen LogP contribution < -0.4 is 10.2 Å². The van der Waals surface area contributed by atoms with Crippen molar-refractivity contribution in [2.75, 3.05) is 44.3 Å².